The van der Waals surface area contributed by atoms with Crippen molar-refractivity contribution in [3.05, 3.63) is 65.7 Å². The lowest BCUT2D eigenvalue weighted by Gasteiger charge is -2.16. The number of nitrogens with one attached hydrogen (secondary N) is 2. The predicted molar refractivity (Wildman–Crippen MR) is 83.1 cm³/mol. The van der Waals surface area contributed by atoms with Crippen LogP contribution in [0.4, 0.5) is 5.69 Å². The number of hydrogen-bond donors (Lipinski definition) is 2. The summed E-state index contributed by atoms with van der Waals surface area (Å²) in [4.78, 5) is 23.6. The summed E-state index contributed by atoms with van der Waals surface area (Å²) < 4.78 is 0. The molecule has 2 N–H and O–H groups in total. The number of benzene rings is 2. The van der Waals surface area contributed by atoms with Gasteiger partial charge >= 0.3 is 0 Å². The van der Waals surface area contributed by atoms with Crippen molar-refractivity contribution in [2.75, 3.05) is 5.32 Å². The highest BCUT2D eigenvalue weighted by molar-refractivity contribution is 6.03. The van der Waals surface area contributed by atoms with Crippen molar-refractivity contribution < 1.29 is 9.59 Å². The predicted octanol–water partition coefficient (Wildman–Crippen LogP) is 3.14. The average Bonchev–Trinajstić information content (AvgIpc) is 2.48. The third kappa shape index (κ3) is 3.92. The molecule has 0 radical (unpaired) electrons. The molecule has 0 aliphatic carbocycles. The molecule has 2 amide bonds. The molecular formula is C17H18N2O2. The maximum absolute atomic E-state index is 12.4. The normalized spacial score (nSPS) is 11.5. The Balaban J connectivity index is 2.15. The van der Waals surface area contributed by atoms with Crippen LogP contribution in [-0.4, -0.2) is 11.8 Å². The van der Waals surface area contributed by atoms with Crippen LogP contribution in [-0.2, 0) is 4.79 Å². The molecule has 0 bridgehead atoms. The average molecular weight is 282 g/mol. The molecule has 0 saturated heterocycles. The van der Waals surface area contributed by atoms with Crippen molar-refractivity contribution in [3.63, 3.8) is 0 Å². The second-order valence-corrected chi connectivity index (χ2v) is 4.83. The summed E-state index contributed by atoms with van der Waals surface area (Å²) in [7, 11) is 0. The highest BCUT2D eigenvalue weighted by Crippen LogP contribution is 2.17. The van der Waals surface area contributed by atoms with E-state index < -0.39 is 0 Å². The third-order valence-corrected chi connectivity index (χ3v) is 3.13. The molecule has 0 unspecified atom stereocenters. The Labute approximate surface area is 124 Å². The van der Waals surface area contributed by atoms with Crippen molar-refractivity contribution in [3.8, 4) is 0 Å². The van der Waals surface area contributed by atoms with Crippen molar-refractivity contribution in [1.82, 2.24) is 5.32 Å². The maximum atomic E-state index is 12.4. The molecule has 2 rings (SSSR count). The Kier molecular flexibility index (Phi) is 4.72. The first kappa shape index (κ1) is 14.8. The fourth-order valence-electron chi connectivity index (χ4n) is 2.08. The zero-order chi connectivity index (χ0) is 15.2. The molecule has 0 saturated carbocycles. The lowest BCUT2D eigenvalue weighted by atomic mass is 10.1. The van der Waals surface area contributed by atoms with Crippen LogP contribution in [0.1, 0.15) is 35.8 Å². The number of amides is 2. The summed E-state index contributed by atoms with van der Waals surface area (Å²) in [6.07, 6.45) is 0. The second-order valence-electron chi connectivity index (χ2n) is 4.83. The molecule has 4 nitrogen and oxygen atoms in total. The number of carbonyl (C=O) groups excluding carboxylic acids is 2. The Bertz CT molecular complexity index is 638. The zero-order valence-corrected chi connectivity index (χ0v) is 12.1. The van der Waals surface area contributed by atoms with Gasteiger partial charge in [-0.2, -0.15) is 0 Å². The molecule has 0 heterocycles. The summed E-state index contributed by atoms with van der Waals surface area (Å²) in [6.45, 7) is 3.34. The number of anilines is 1. The second kappa shape index (κ2) is 6.70. The molecule has 0 aliphatic heterocycles. The van der Waals surface area contributed by atoms with Crippen molar-refractivity contribution >= 4 is 17.5 Å². The molecule has 4 heteroatoms. The van der Waals surface area contributed by atoms with Crippen LogP contribution in [0.25, 0.3) is 0 Å². The van der Waals surface area contributed by atoms with E-state index in [4.69, 9.17) is 0 Å². The van der Waals surface area contributed by atoms with Crippen molar-refractivity contribution in [1.29, 1.82) is 0 Å². The smallest absolute Gasteiger partial charge is 0.253 e. The third-order valence-electron chi connectivity index (χ3n) is 3.13. The molecular weight excluding hydrogens is 264 g/mol. The molecule has 2 aromatic carbocycles. The van der Waals surface area contributed by atoms with E-state index in [0.29, 0.717) is 11.3 Å². The van der Waals surface area contributed by atoms with Gasteiger partial charge in [0.2, 0.25) is 5.91 Å². The quantitative estimate of drug-likeness (QED) is 0.905. The van der Waals surface area contributed by atoms with Gasteiger partial charge in [0.25, 0.3) is 5.91 Å². The van der Waals surface area contributed by atoms with Gasteiger partial charge in [0.15, 0.2) is 0 Å². The summed E-state index contributed by atoms with van der Waals surface area (Å²) in [6, 6.07) is 16.6. The van der Waals surface area contributed by atoms with Gasteiger partial charge in [0, 0.05) is 6.92 Å². The molecule has 0 fully saturated rings. The van der Waals surface area contributed by atoms with Crippen molar-refractivity contribution in [2.24, 2.45) is 0 Å². The van der Waals surface area contributed by atoms with E-state index in [0.717, 1.165) is 5.56 Å². The van der Waals surface area contributed by atoms with E-state index in [1.807, 2.05) is 37.3 Å². The fourth-order valence-corrected chi connectivity index (χ4v) is 2.08. The Hall–Kier alpha value is -2.62. The Morgan fingerprint density at radius 3 is 2.24 bits per heavy atom. The Morgan fingerprint density at radius 2 is 1.57 bits per heavy atom. The minimum Gasteiger partial charge on any atom is -0.345 e. The number of para-hydroxylation sites is 1. The molecule has 1 atom stereocenters. The lowest BCUT2D eigenvalue weighted by Crippen LogP contribution is -2.27. The van der Waals surface area contributed by atoms with E-state index in [9.17, 15) is 9.59 Å². The first-order valence-corrected chi connectivity index (χ1v) is 6.80. The summed E-state index contributed by atoms with van der Waals surface area (Å²) in [5.41, 5.74) is 2.00. The van der Waals surface area contributed by atoms with Crippen LogP contribution in [0.2, 0.25) is 0 Å². The summed E-state index contributed by atoms with van der Waals surface area (Å²) in [5.74, 6) is -0.415. The van der Waals surface area contributed by atoms with E-state index in [2.05, 4.69) is 10.6 Å². The number of carbonyl (C=O) groups is 2. The maximum Gasteiger partial charge on any atom is 0.253 e. The van der Waals surface area contributed by atoms with E-state index >= 15 is 0 Å². The molecule has 21 heavy (non-hydrogen) atoms. The van der Waals surface area contributed by atoms with E-state index in [-0.39, 0.29) is 17.9 Å². The van der Waals surface area contributed by atoms with Gasteiger partial charge in [0.1, 0.15) is 0 Å². The summed E-state index contributed by atoms with van der Waals surface area (Å²) >= 11 is 0. The van der Waals surface area contributed by atoms with Gasteiger partial charge in [-0.05, 0) is 24.6 Å². The molecule has 0 aromatic heterocycles. The fraction of sp³-hybridized carbons (Fsp3) is 0.176. The van der Waals surface area contributed by atoms with Gasteiger partial charge in [-0.1, -0.05) is 42.5 Å². The minimum absolute atomic E-state index is 0.107. The van der Waals surface area contributed by atoms with Crippen LogP contribution in [0.15, 0.2) is 54.6 Å². The van der Waals surface area contributed by atoms with Crippen LogP contribution in [0.5, 0.6) is 0 Å². The number of rotatable bonds is 4. The minimum atomic E-state index is -0.212. The molecule has 0 aliphatic rings. The van der Waals surface area contributed by atoms with Gasteiger partial charge in [-0.3, -0.25) is 9.59 Å². The monoisotopic (exact) mass is 282 g/mol. The number of hydrogen-bond acceptors (Lipinski definition) is 2. The molecule has 0 spiro atoms. The van der Waals surface area contributed by atoms with E-state index in [1.165, 1.54) is 6.92 Å². The van der Waals surface area contributed by atoms with E-state index in [1.54, 1.807) is 24.3 Å². The van der Waals surface area contributed by atoms with Gasteiger partial charge in [0.05, 0.1) is 17.3 Å². The van der Waals surface area contributed by atoms with Gasteiger partial charge in [-0.15, -0.1) is 0 Å². The zero-order valence-electron chi connectivity index (χ0n) is 12.1. The topological polar surface area (TPSA) is 58.2 Å². The van der Waals surface area contributed by atoms with Crippen LogP contribution in [0, 0.1) is 0 Å². The first-order valence-electron chi connectivity index (χ1n) is 6.80. The molecule has 2 aromatic rings. The SMILES string of the molecule is CC(=O)Nc1ccccc1C(=O)N[C@@H](C)c1ccccc1. The first-order chi connectivity index (χ1) is 10.1. The van der Waals surface area contributed by atoms with Crippen LogP contribution in [0.3, 0.4) is 0 Å². The Morgan fingerprint density at radius 1 is 0.952 bits per heavy atom. The van der Waals surface area contributed by atoms with Crippen molar-refractivity contribution in [2.45, 2.75) is 19.9 Å². The van der Waals surface area contributed by atoms with Crippen LogP contribution < -0.4 is 10.6 Å². The van der Waals surface area contributed by atoms with Gasteiger partial charge < -0.3 is 10.6 Å². The lowest BCUT2D eigenvalue weighted by molar-refractivity contribution is -0.114. The molecule has 108 valence electrons. The highest BCUT2D eigenvalue weighted by Gasteiger charge is 2.14. The van der Waals surface area contributed by atoms with Gasteiger partial charge in [-0.25, -0.2) is 0 Å². The standard InChI is InChI=1S/C17H18N2O2/c1-12(14-8-4-3-5-9-14)18-17(21)15-10-6-7-11-16(15)19-13(2)20/h3-12H,1-2H3,(H,18,21)(H,19,20)/t12-/m0/s1. The largest absolute Gasteiger partial charge is 0.345 e. The summed E-state index contributed by atoms with van der Waals surface area (Å²) in [5, 5.41) is 5.60. The highest BCUT2D eigenvalue weighted by atomic mass is 16.2. The van der Waals surface area contributed by atoms with Crippen LogP contribution >= 0.6 is 0 Å².